The van der Waals surface area contributed by atoms with E-state index in [2.05, 4.69) is 20.1 Å². The van der Waals surface area contributed by atoms with Crippen LogP contribution in [0.4, 0.5) is 0 Å². The fourth-order valence-electron chi connectivity index (χ4n) is 1.34. The van der Waals surface area contributed by atoms with Crippen LogP contribution in [0, 0.1) is 0 Å². The lowest BCUT2D eigenvalue weighted by Crippen LogP contribution is -2.17. The van der Waals surface area contributed by atoms with Gasteiger partial charge in [0, 0.05) is 6.07 Å². The third kappa shape index (κ3) is 2.11. The fourth-order valence-corrected chi connectivity index (χ4v) is 1.34. The Hall–Kier alpha value is -2.35. The molecule has 2 heterocycles. The zero-order valence-corrected chi connectivity index (χ0v) is 9.11. The molecular formula is C9H11N7O. The summed E-state index contributed by atoms with van der Waals surface area (Å²) in [5.41, 5.74) is 11.0. The summed E-state index contributed by atoms with van der Waals surface area (Å²) in [6.07, 6.45) is 2.60. The third-order valence-corrected chi connectivity index (χ3v) is 2.10. The van der Waals surface area contributed by atoms with Crippen molar-refractivity contribution >= 4 is 5.91 Å². The first-order valence-electron chi connectivity index (χ1n) is 4.87. The zero-order chi connectivity index (χ0) is 12.4. The summed E-state index contributed by atoms with van der Waals surface area (Å²) in [4.78, 5) is 22.8. The van der Waals surface area contributed by atoms with E-state index in [0.29, 0.717) is 11.6 Å². The number of aromatic nitrogens is 5. The van der Waals surface area contributed by atoms with Crippen LogP contribution in [0.3, 0.4) is 0 Å². The molecule has 8 nitrogen and oxygen atoms in total. The van der Waals surface area contributed by atoms with E-state index in [-0.39, 0.29) is 11.7 Å². The van der Waals surface area contributed by atoms with Crippen LogP contribution >= 0.6 is 0 Å². The van der Waals surface area contributed by atoms with Gasteiger partial charge in [-0.2, -0.15) is 9.78 Å². The maximum atomic E-state index is 11.0. The van der Waals surface area contributed by atoms with Crippen LogP contribution in [0.25, 0.3) is 5.82 Å². The van der Waals surface area contributed by atoms with Gasteiger partial charge < -0.3 is 11.5 Å². The van der Waals surface area contributed by atoms with Crippen LogP contribution in [0.1, 0.15) is 29.3 Å². The highest BCUT2D eigenvalue weighted by atomic mass is 16.1. The van der Waals surface area contributed by atoms with Gasteiger partial charge in [0.25, 0.3) is 5.91 Å². The number of primary amides is 1. The summed E-state index contributed by atoms with van der Waals surface area (Å²) in [5.74, 6) is 0.314. The Morgan fingerprint density at radius 2 is 2.12 bits per heavy atom. The summed E-state index contributed by atoms with van der Waals surface area (Å²) in [6.45, 7) is 1.77. The molecule has 0 aromatic carbocycles. The Morgan fingerprint density at radius 1 is 1.35 bits per heavy atom. The van der Waals surface area contributed by atoms with Crippen molar-refractivity contribution in [2.75, 3.05) is 0 Å². The number of hydrogen-bond donors (Lipinski definition) is 2. The van der Waals surface area contributed by atoms with Crippen LogP contribution in [-0.2, 0) is 0 Å². The van der Waals surface area contributed by atoms with E-state index in [1.807, 2.05) is 0 Å². The van der Waals surface area contributed by atoms with Gasteiger partial charge in [-0.3, -0.25) is 4.79 Å². The van der Waals surface area contributed by atoms with Crippen molar-refractivity contribution in [1.82, 2.24) is 24.7 Å². The van der Waals surface area contributed by atoms with Gasteiger partial charge >= 0.3 is 0 Å². The molecule has 4 N–H and O–H groups in total. The van der Waals surface area contributed by atoms with Crippen molar-refractivity contribution < 1.29 is 4.79 Å². The van der Waals surface area contributed by atoms with Gasteiger partial charge in [0.2, 0.25) is 0 Å². The maximum absolute atomic E-state index is 11.0. The Labute approximate surface area is 96.7 Å². The van der Waals surface area contributed by atoms with Crippen molar-refractivity contribution in [2.24, 2.45) is 11.5 Å². The summed E-state index contributed by atoms with van der Waals surface area (Å²) in [6, 6.07) is 1.13. The summed E-state index contributed by atoms with van der Waals surface area (Å²) >= 11 is 0. The SMILES string of the molecule is CC(N)c1ncnn1-c1cc(C(N)=O)ncn1. The normalized spacial score (nSPS) is 12.4. The summed E-state index contributed by atoms with van der Waals surface area (Å²) < 4.78 is 1.44. The molecule has 0 aliphatic heterocycles. The first-order valence-corrected chi connectivity index (χ1v) is 4.87. The van der Waals surface area contributed by atoms with Gasteiger partial charge in [-0.25, -0.2) is 15.0 Å². The predicted octanol–water partition coefficient (Wildman–Crippen LogP) is -0.824. The second-order valence-corrected chi connectivity index (χ2v) is 3.44. The molecular weight excluding hydrogens is 222 g/mol. The molecule has 0 aliphatic carbocycles. The average Bonchev–Trinajstić information content (AvgIpc) is 2.78. The number of carbonyl (C=O) groups excluding carboxylic acids is 1. The smallest absolute Gasteiger partial charge is 0.267 e. The second-order valence-electron chi connectivity index (χ2n) is 3.44. The molecule has 0 saturated carbocycles. The molecule has 2 rings (SSSR count). The lowest BCUT2D eigenvalue weighted by atomic mass is 10.3. The van der Waals surface area contributed by atoms with Crippen LogP contribution in [0.5, 0.6) is 0 Å². The van der Waals surface area contributed by atoms with E-state index >= 15 is 0 Å². The van der Waals surface area contributed by atoms with Gasteiger partial charge in [0.15, 0.2) is 11.6 Å². The van der Waals surface area contributed by atoms with Crippen molar-refractivity contribution in [3.8, 4) is 5.82 Å². The van der Waals surface area contributed by atoms with Crippen LogP contribution in [-0.4, -0.2) is 30.6 Å². The molecule has 1 atom stereocenters. The van der Waals surface area contributed by atoms with Crippen LogP contribution < -0.4 is 11.5 Å². The molecule has 17 heavy (non-hydrogen) atoms. The van der Waals surface area contributed by atoms with Gasteiger partial charge in [-0.1, -0.05) is 0 Å². The summed E-state index contributed by atoms with van der Waals surface area (Å²) in [7, 11) is 0. The quantitative estimate of drug-likeness (QED) is 0.713. The fraction of sp³-hybridized carbons (Fsp3) is 0.222. The molecule has 2 aromatic heterocycles. The van der Waals surface area contributed by atoms with E-state index in [1.54, 1.807) is 6.92 Å². The Balaban J connectivity index is 2.49. The zero-order valence-electron chi connectivity index (χ0n) is 9.11. The largest absolute Gasteiger partial charge is 0.364 e. The highest BCUT2D eigenvalue weighted by Crippen LogP contribution is 2.10. The topological polar surface area (TPSA) is 126 Å². The van der Waals surface area contributed by atoms with Crippen LogP contribution in [0.2, 0.25) is 0 Å². The highest BCUT2D eigenvalue weighted by Gasteiger charge is 2.13. The first-order chi connectivity index (χ1) is 8.09. The highest BCUT2D eigenvalue weighted by molar-refractivity contribution is 5.90. The van der Waals surface area contributed by atoms with Gasteiger partial charge in [-0.05, 0) is 6.92 Å². The van der Waals surface area contributed by atoms with E-state index in [4.69, 9.17) is 11.5 Å². The molecule has 0 saturated heterocycles. The third-order valence-electron chi connectivity index (χ3n) is 2.10. The van der Waals surface area contributed by atoms with Gasteiger partial charge in [0.05, 0.1) is 6.04 Å². The minimum Gasteiger partial charge on any atom is -0.364 e. The Morgan fingerprint density at radius 3 is 2.76 bits per heavy atom. The minimum absolute atomic E-state index is 0.112. The monoisotopic (exact) mass is 233 g/mol. The van der Waals surface area contributed by atoms with Crippen molar-refractivity contribution in [1.29, 1.82) is 0 Å². The second kappa shape index (κ2) is 4.26. The molecule has 1 unspecified atom stereocenters. The van der Waals surface area contributed by atoms with E-state index in [1.165, 1.54) is 23.4 Å². The Bertz CT molecular complexity index is 548. The molecule has 0 fully saturated rings. The number of nitrogens with two attached hydrogens (primary N) is 2. The number of nitrogens with zero attached hydrogens (tertiary/aromatic N) is 5. The van der Waals surface area contributed by atoms with Gasteiger partial charge in [0.1, 0.15) is 18.3 Å². The Kier molecular flexibility index (Phi) is 2.79. The molecule has 8 heteroatoms. The van der Waals surface area contributed by atoms with Crippen molar-refractivity contribution in [3.63, 3.8) is 0 Å². The molecule has 88 valence electrons. The van der Waals surface area contributed by atoms with Crippen LogP contribution in [0.15, 0.2) is 18.7 Å². The van der Waals surface area contributed by atoms with Crippen molar-refractivity contribution in [3.05, 3.63) is 30.2 Å². The number of hydrogen-bond acceptors (Lipinski definition) is 6. The van der Waals surface area contributed by atoms with E-state index in [9.17, 15) is 4.79 Å². The molecule has 1 amide bonds. The average molecular weight is 233 g/mol. The molecule has 0 bridgehead atoms. The lowest BCUT2D eigenvalue weighted by Gasteiger charge is -2.07. The van der Waals surface area contributed by atoms with Gasteiger partial charge in [-0.15, -0.1) is 0 Å². The standard InChI is InChI=1S/C9H11N7O/c1-5(10)9-14-4-15-16(9)7-2-6(8(11)17)12-3-13-7/h2-5H,10H2,1H3,(H2,11,17). The summed E-state index contributed by atoms with van der Waals surface area (Å²) in [5, 5.41) is 3.99. The van der Waals surface area contributed by atoms with E-state index < -0.39 is 5.91 Å². The van der Waals surface area contributed by atoms with E-state index in [0.717, 1.165) is 0 Å². The molecule has 0 aliphatic rings. The molecule has 2 aromatic rings. The predicted molar refractivity (Wildman–Crippen MR) is 58.1 cm³/mol. The van der Waals surface area contributed by atoms with Crippen molar-refractivity contribution in [2.45, 2.75) is 13.0 Å². The number of rotatable bonds is 3. The molecule has 0 radical (unpaired) electrons. The molecule has 0 spiro atoms. The first kappa shape index (κ1) is 11.1. The lowest BCUT2D eigenvalue weighted by molar-refractivity contribution is 0.0995. The number of carbonyl (C=O) groups is 1. The number of amides is 1. The minimum atomic E-state index is -0.629. The maximum Gasteiger partial charge on any atom is 0.267 e.